The number of aromatic nitrogens is 8. The zero-order valence-electron chi connectivity index (χ0n) is 49.5. The lowest BCUT2D eigenvalue weighted by Crippen LogP contribution is -2.22. The number of hydrogen-bond acceptors (Lipinski definition) is 18. The van der Waals surface area contributed by atoms with Crippen molar-refractivity contribution in [2.45, 2.75) is 64.7 Å². The quantitative estimate of drug-likeness (QED) is 0.0887. The molecule has 0 fully saturated rings. The van der Waals surface area contributed by atoms with Gasteiger partial charge in [0.05, 0.1) is 17.2 Å². The summed E-state index contributed by atoms with van der Waals surface area (Å²) in [5.74, 6) is -6.82. The van der Waals surface area contributed by atoms with E-state index in [1.54, 1.807) is 25.2 Å². The van der Waals surface area contributed by atoms with Crippen molar-refractivity contribution in [3.8, 4) is 58.2 Å². The predicted molar refractivity (Wildman–Crippen MR) is 312 cm³/mol. The van der Waals surface area contributed by atoms with E-state index < -0.39 is 92.6 Å². The summed E-state index contributed by atoms with van der Waals surface area (Å²) in [5, 5.41) is 11.9. The molecule has 0 aliphatic carbocycles. The fourth-order valence-corrected chi connectivity index (χ4v) is 9.43. The van der Waals surface area contributed by atoms with Crippen LogP contribution in [0.3, 0.4) is 0 Å². The molecule has 3 aliphatic rings. The number of benzene rings is 4. The molecule has 0 radical (unpaired) electrons. The van der Waals surface area contributed by atoms with Gasteiger partial charge in [-0.3, -0.25) is 23.7 Å². The van der Waals surface area contributed by atoms with Crippen LogP contribution in [0.25, 0.3) is 0 Å². The van der Waals surface area contributed by atoms with E-state index in [1.165, 1.54) is 68.4 Å². The van der Waals surface area contributed by atoms with Gasteiger partial charge >= 0.3 is 29.4 Å². The second-order valence-electron chi connectivity index (χ2n) is 21.0. The maximum atomic E-state index is 14.5. The van der Waals surface area contributed by atoms with Gasteiger partial charge in [0.2, 0.25) is 17.6 Å². The highest BCUT2D eigenvalue weighted by Crippen LogP contribution is 2.38. The molecule has 12 rings (SSSR count). The van der Waals surface area contributed by atoms with Crippen molar-refractivity contribution in [2.75, 3.05) is 48.8 Å². The molecule has 3 aliphatic heterocycles. The summed E-state index contributed by atoms with van der Waals surface area (Å²) in [7, 11) is 3.63. The molecular formula is C62H48F12N12O9. The third-order valence-electron chi connectivity index (χ3n) is 14.2. The zero-order chi connectivity index (χ0) is 68.1. The van der Waals surface area contributed by atoms with Crippen LogP contribution >= 0.6 is 0 Å². The van der Waals surface area contributed by atoms with Gasteiger partial charge in [0.1, 0.15) is 65.9 Å². The fourth-order valence-electron chi connectivity index (χ4n) is 9.43. The first-order valence-electron chi connectivity index (χ1n) is 28.0. The van der Waals surface area contributed by atoms with Gasteiger partial charge in [-0.15, -0.1) is 0 Å². The molecule has 0 unspecified atom stereocenters. The molecule has 5 aromatic heterocycles. The SMILES string of the molecule is CC(F)(F)c1cc(Oc2ccc(COc3cc4n(c(=O)n3)CCN4)cc2F)ccn1.CN1CCn2c1cc(OCc1cc(F)c(Oc3ccc(C#N)c(C(F)(F)F)c3)c(F)c1)nc2=O.CN1CCn2c1cc(OCc1ccc(Oc3ccnc(C(F)(F)F)c3)c(F)c1)nc2=O. The van der Waals surface area contributed by atoms with E-state index in [2.05, 4.69) is 30.2 Å². The average Bonchev–Trinajstić information content (AvgIpc) is 1.74. The Morgan fingerprint density at radius 2 is 0.968 bits per heavy atom. The van der Waals surface area contributed by atoms with Crippen LogP contribution in [0.15, 0.2) is 136 Å². The van der Waals surface area contributed by atoms with Gasteiger partial charge in [-0.25, -0.2) is 31.9 Å². The van der Waals surface area contributed by atoms with Crippen LogP contribution in [0, 0.1) is 34.6 Å². The van der Waals surface area contributed by atoms with E-state index in [9.17, 15) is 67.1 Å². The van der Waals surface area contributed by atoms with E-state index in [0.29, 0.717) is 80.0 Å². The number of nitriles is 1. The van der Waals surface area contributed by atoms with E-state index in [0.717, 1.165) is 49.5 Å². The normalized spacial score (nSPS) is 13.0. The van der Waals surface area contributed by atoms with Crippen molar-refractivity contribution in [3.05, 3.63) is 216 Å². The Hall–Kier alpha value is -11.3. The average molecular weight is 1330 g/mol. The van der Waals surface area contributed by atoms with Crippen LogP contribution < -0.4 is 60.6 Å². The minimum Gasteiger partial charge on any atom is -0.473 e. The van der Waals surface area contributed by atoms with Crippen LogP contribution in [-0.2, 0) is 57.7 Å². The highest BCUT2D eigenvalue weighted by atomic mass is 19.4. The van der Waals surface area contributed by atoms with Gasteiger partial charge in [0, 0.05) is 103 Å². The number of ether oxygens (including phenoxy) is 6. The van der Waals surface area contributed by atoms with Crippen molar-refractivity contribution in [3.63, 3.8) is 0 Å². The lowest BCUT2D eigenvalue weighted by molar-refractivity contribution is -0.141. The first kappa shape index (κ1) is 66.6. The molecule has 0 atom stereocenters. The highest BCUT2D eigenvalue weighted by Gasteiger charge is 2.35. The smallest absolute Gasteiger partial charge is 0.433 e. The Kier molecular flexibility index (Phi) is 19.3. The minimum atomic E-state index is -4.86. The summed E-state index contributed by atoms with van der Waals surface area (Å²) in [5.41, 5.74) is -3.98. The molecule has 21 nitrogen and oxygen atoms in total. The van der Waals surface area contributed by atoms with Crippen LogP contribution in [0.5, 0.6) is 52.1 Å². The lowest BCUT2D eigenvalue weighted by atomic mass is 10.1. The Balaban J connectivity index is 0.000000156. The van der Waals surface area contributed by atoms with Crippen LogP contribution in [0.2, 0.25) is 0 Å². The molecule has 0 saturated heterocycles. The van der Waals surface area contributed by atoms with Gasteiger partial charge in [-0.2, -0.15) is 55.3 Å². The first-order valence-corrected chi connectivity index (χ1v) is 28.0. The monoisotopic (exact) mass is 1330 g/mol. The summed E-state index contributed by atoms with van der Waals surface area (Å²) >= 11 is 0. The van der Waals surface area contributed by atoms with E-state index in [1.807, 2.05) is 16.8 Å². The van der Waals surface area contributed by atoms with Gasteiger partial charge in [0.25, 0.3) is 5.92 Å². The van der Waals surface area contributed by atoms with Crippen molar-refractivity contribution in [1.29, 1.82) is 5.26 Å². The van der Waals surface area contributed by atoms with E-state index >= 15 is 0 Å². The summed E-state index contributed by atoms with van der Waals surface area (Å²) in [6, 6.07) is 22.6. The van der Waals surface area contributed by atoms with Crippen molar-refractivity contribution in [2.24, 2.45) is 0 Å². The van der Waals surface area contributed by atoms with E-state index in [4.69, 9.17) is 33.7 Å². The number of hydrogen-bond donors (Lipinski definition) is 1. The largest absolute Gasteiger partial charge is 0.473 e. The Morgan fingerprint density at radius 1 is 0.505 bits per heavy atom. The van der Waals surface area contributed by atoms with Crippen molar-refractivity contribution >= 4 is 17.5 Å². The topological polar surface area (TPSA) is 228 Å². The predicted octanol–water partition coefficient (Wildman–Crippen LogP) is 11.5. The Labute approximate surface area is 528 Å². The standard InChI is InChI=1S/C22H15F5N4O3.C20H16F4N4O3.C20H17F3N4O3/c1-30-4-5-31-19(30)9-18(29-21(31)32)33-11-12-6-16(23)20(17(24)7-12)34-14-3-2-13(10-28)15(8-14)22(25,26)27;1-27-6-7-28-18(27)10-17(26-19(28)29)30-11-12-2-3-15(14(21)8-12)31-13-4-5-25-16(9-13)20(22,23)24;1-20(22,23)16-9-13(4-5-24-16)30-15-3-2-12(8-14(15)21)11-29-18-10-17-25-6-7-27(17)19(28)26-18/h2-3,6-9H,4-5,11H2,1H3;2-5,8-10H,6-7,11H2,1H3;2-5,8-10,25H,6-7,11H2,1H3. The third kappa shape index (κ3) is 16.1. The second-order valence-corrected chi connectivity index (χ2v) is 21.0. The Morgan fingerprint density at radius 3 is 1.45 bits per heavy atom. The zero-order valence-corrected chi connectivity index (χ0v) is 49.5. The number of anilines is 3. The van der Waals surface area contributed by atoms with E-state index in [-0.39, 0.29) is 66.0 Å². The van der Waals surface area contributed by atoms with Gasteiger partial charge < -0.3 is 43.5 Å². The summed E-state index contributed by atoms with van der Waals surface area (Å²) < 4.78 is 199. The van der Waals surface area contributed by atoms with Crippen molar-refractivity contribution in [1.82, 2.24) is 38.6 Å². The Bertz CT molecular complexity index is 4570. The molecule has 1 N–H and O–H groups in total. The molecule has 8 heterocycles. The second kappa shape index (κ2) is 27.5. The molecule has 95 heavy (non-hydrogen) atoms. The maximum absolute atomic E-state index is 14.5. The van der Waals surface area contributed by atoms with Crippen LogP contribution in [-0.4, -0.2) is 72.4 Å². The van der Waals surface area contributed by atoms with Crippen LogP contribution in [0.1, 0.15) is 46.1 Å². The molecule has 0 spiro atoms. The molecule has 0 bridgehead atoms. The van der Waals surface area contributed by atoms with Crippen molar-refractivity contribution < 1.29 is 81.1 Å². The number of likely N-dealkylation sites (N-methyl/N-ethyl adjacent to an activating group) is 2. The molecule has 33 heteroatoms. The molecule has 0 amide bonds. The minimum absolute atomic E-state index is 0.0193. The lowest BCUT2D eigenvalue weighted by Gasteiger charge is -2.14. The highest BCUT2D eigenvalue weighted by molar-refractivity contribution is 5.48. The summed E-state index contributed by atoms with van der Waals surface area (Å²) in [6.07, 6.45) is -7.39. The number of fused-ring (bicyclic) bond motifs is 3. The third-order valence-corrected chi connectivity index (χ3v) is 14.2. The fraction of sp³-hybridized carbons (Fsp3) is 0.242. The summed E-state index contributed by atoms with van der Waals surface area (Å²) in [4.78, 5) is 58.0. The van der Waals surface area contributed by atoms with Gasteiger partial charge in [-0.05, 0) is 83.4 Å². The van der Waals surface area contributed by atoms with Crippen LogP contribution in [0.4, 0.5) is 70.1 Å². The number of nitrogens with one attached hydrogen (secondary N) is 1. The number of nitrogens with zero attached hydrogens (tertiary/aromatic N) is 11. The maximum Gasteiger partial charge on any atom is 0.433 e. The number of rotatable bonds is 16. The first-order chi connectivity index (χ1) is 45.1. The molecule has 9 aromatic rings. The molecule has 4 aromatic carbocycles. The van der Waals surface area contributed by atoms with Gasteiger partial charge in [-0.1, -0.05) is 12.1 Å². The number of halogens is 12. The number of pyridine rings is 2. The molecule has 494 valence electrons. The summed E-state index contributed by atoms with van der Waals surface area (Å²) in [6.45, 7) is 3.84. The molecule has 0 saturated carbocycles. The van der Waals surface area contributed by atoms with Gasteiger partial charge in [0.15, 0.2) is 40.5 Å². The number of alkyl halides is 8. The molecular weight excluding hydrogens is 1280 g/mol.